The highest BCUT2D eigenvalue weighted by atomic mass is 16.5. The van der Waals surface area contributed by atoms with Crippen LogP contribution in [0.4, 0.5) is 11.9 Å². The first-order valence-electron chi connectivity index (χ1n) is 6.07. The van der Waals surface area contributed by atoms with Crippen LogP contribution in [-0.2, 0) is 4.74 Å². The molecular formula is C11H19N5O2. The molecule has 0 aliphatic carbocycles. The van der Waals surface area contributed by atoms with Crippen LogP contribution in [0.25, 0.3) is 0 Å². The van der Waals surface area contributed by atoms with Gasteiger partial charge in [-0.25, -0.2) is 0 Å². The SMILES string of the molecule is CNc1nc(NC2CCOC(C)C2)nc(OC)n1. The molecule has 1 aromatic rings. The summed E-state index contributed by atoms with van der Waals surface area (Å²) in [6, 6.07) is 0.627. The molecule has 18 heavy (non-hydrogen) atoms. The topological polar surface area (TPSA) is 81.2 Å². The van der Waals surface area contributed by atoms with Gasteiger partial charge >= 0.3 is 6.01 Å². The summed E-state index contributed by atoms with van der Waals surface area (Å²) in [6.45, 7) is 2.83. The van der Waals surface area contributed by atoms with Crippen LogP contribution in [0.3, 0.4) is 0 Å². The van der Waals surface area contributed by atoms with Gasteiger partial charge in [-0.1, -0.05) is 0 Å². The van der Waals surface area contributed by atoms with Crippen LogP contribution in [-0.4, -0.2) is 47.9 Å². The Kier molecular flexibility index (Phi) is 4.14. The molecular weight excluding hydrogens is 234 g/mol. The Morgan fingerprint density at radius 1 is 1.28 bits per heavy atom. The third-order valence-electron chi connectivity index (χ3n) is 2.84. The molecule has 1 aromatic heterocycles. The van der Waals surface area contributed by atoms with Crippen LogP contribution < -0.4 is 15.4 Å². The standard InChI is InChI=1S/C11H19N5O2/c1-7-6-8(4-5-18-7)13-10-14-9(12-2)15-11(16-10)17-3/h7-8H,4-6H2,1-3H3,(H2,12,13,14,15,16). The number of nitrogens with one attached hydrogen (secondary N) is 2. The summed E-state index contributed by atoms with van der Waals surface area (Å²) < 4.78 is 10.5. The molecule has 0 amide bonds. The first-order valence-corrected chi connectivity index (χ1v) is 6.07. The predicted octanol–water partition coefficient (Wildman–Crippen LogP) is 0.901. The maximum atomic E-state index is 5.51. The normalized spacial score (nSPS) is 23.5. The van der Waals surface area contributed by atoms with Crippen molar-refractivity contribution in [2.75, 3.05) is 31.4 Å². The van der Waals surface area contributed by atoms with Crippen LogP contribution in [0.2, 0.25) is 0 Å². The fourth-order valence-corrected chi connectivity index (χ4v) is 1.94. The van der Waals surface area contributed by atoms with Crippen LogP contribution in [0.5, 0.6) is 6.01 Å². The van der Waals surface area contributed by atoms with E-state index in [4.69, 9.17) is 9.47 Å². The van der Waals surface area contributed by atoms with E-state index in [1.54, 1.807) is 7.05 Å². The molecule has 2 heterocycles. The predicted molar refractivity (Wildman–Crippen MR) is 68.0 cm³/mol. The van der Waals surface area contributed by atoms with E-state index in [0.717, 1.165) is 19.4 Å². The maximum absolute atomic E-state index is 5.51. The van der Waals surface area contributed by atoms with E-state index in [2.05, 4.69) is 32.5 Å². The number of hydrogen-bond acceptors (Lipinski definition) is 7. The molecule has 0 bridgehead atoms. The Balaban J connectivity index is 2.07. The quantitative estimate of drug-likeness (QED) is 0.825. The van der Waals surface area contributed by atoms with Crippen molar-refractivity contribution in [3.05, 3.63) is 0 Å². The second kappa shape index (κ2) is 5.81. The lowest BCUT2D eigenvalue weighted by molar-refractivity contribution is 0.0231. The van der Waals surface area contributed by atoms with Crippen LogP contribution in [0, 0.1) is 0 Å². The van der Waals surface area contributed by atoms with Crippen LogP contribution in [0.1, 0.15) is 19.8 Å². The summed E-state index contributed by atoms with van der Waals surface area (Å²) in [5.41, 5.74) is 0. The molecule has 0 radical (unpaired) electrons. The van der Waals surface area contributed by atoms with Crippen molar-refractivity contribution >= 4 is 11.9 Å². The highest BCUT2D eigenvalue weighted by Crippen LogP contribution is 2.18. The molecule has 1 fully saturated rings. The summed E-state index contributed by atoms with van der Waals surface area (Å²) in [7, 11) is 3.30. The number of methoxy groups -OCH3 is 1. The summed E-state index contributed by atoms with van der Waals surface area (Å²) in [5.74, 6) is 1.02. The van der Waals surface area contributed by atoms with E-state index in [0.29, 0.717) is 23.9 Å². The third-order valence-corrected chi connectivity index (χ3v) is 2.84. The molecule has 7 nitrogen and oxygen atoms in total. The monoisotopic (exact) mass is 253 g/mol. The average molecular weight is 253 g/mol. The fourth-order valence-electron chi connectivity index (χ4n) is 1.94. The van der Waals surface area contributed by atoms with Crippen LogP contribution >= 0.6 is 0 Å². The zero-order valence-electron chi connectivity index (χ0n) is 10.9. The molecule has 1 aliphatic rings. The Hall–Kier alpha value is -1.63. The van der Waals surface area contributed by atoms with E-state index >= 15 is 0 Å². The highest BCUT2D eigenvalue weighted by molar-refractivity contribution is 5.36. The molecule has 100 valence electrons. The minimum atomic E-state index is 0.267. The molecule has 2 N–H and O–H groups in total. The van der Waals surface area contributed by atoms with Gasteiger partial charge in [0.05, 0.1) is 13.2 Å². The number of anilines is 2. The Morgan fingerprint density at radius 2 is 2.06 bits per heavy atom. The van der Waals surface area contributed by atoms with Gasteiger partial charge in [-0.15, -0.1) is 0 Å². The van der Waals surface area contributed by atoms with Gasteiger partial charge in [-0.05, 0) is 19.8 Å². The van der Waals surface area contributed by atoms with Gasteiger partial charge in [0.25, 0.3) is 0 Å². The largest absolute Gasteiger partial charge is 0.467 e. The zero-order chi connectivity index (χ0) is 13.0. The summed E-state index contributed by atoms with van der Waals surface area (Å²) in [5, 5.41) is 6.18. The Morgan fingerprint density at radius 3 is 2.72 bits per heavy atom. The number of hydrogen-bond donors (Lipinski definition) is 2. The molecule has 0 aromatic carbocycles. The lowest BCUT2D eigenvalue weighted by Crippen LogP contribution is -2.33. The van der Waals surface area contributed by atoms with Gasteiger partial charge in [0.2, 0.25) is 11.9 Å². The van der Waals surface area contributed by atoms with Crippen molar-refractivity contribution < 1.29 is 9.47 Å². The van der Waals surface area contributed by atoms with Crippen molar-refractivity contribution in [2.24, 2.45) is 0 Å². The minimum Gasteiger partial charge on any atom is -0.467 e. The molecule has 0 saturated carbocycles. The lowest BCUT2D eigenvalue weighted by Gasteiger charge is -2.27. The highest BCUT2D eigenvalue weighted by Gasteiger charge is 2.20. The number of nitrogens with zero attached hydrogens (tertiary/aromatic N) is 3. The average Bonchev–Trinajstić information content (AvgIpc) is 2.38. The van der Waals surface area contributed by atoms with E-state index in [9.17, 15) is 0 Å². The number of aromatic nitrogens is 3. The first kappa shape index (κ1) is 12.8. The molecule has 0 spiro atoms. The molecule has 2 rings (SSSR count). The fraction of sp³-hybridized carbons (Fsp3) is 0.727. The summed E-state index contributed by atoms with van der Waals surface area (Å²) in [4.78, 5) is 12.5. The van der Waals surface area contributed by atoms with Crippen molar-refractivity contribution in [3.8, 4) is 6.01 Å². The Bertz CT molecular complexity index is 379. The van der Waals surface area contributed by atoms with E-state index < -0.39 is 0 Å². The van der Waals surface area contributed by atoms with Crippen LogP contribution in [0.15, 0.2) is 0 Å². The number of ether oxygens (including phenoxy) is 2. The first-order chi connectivity index (χ1) is 8.71. The van der Waals surface area contributed by atoms with E-state index in [1.165, 1.54) is 7.11 Å². The smallest absolute Gasteiger partial charge is 0.322 e. The van der Waals surface area contributed by atoms with Crippen molar-refractivity contribution in [1.82, 2.24) is 15.0 Å². The van der Waals surface area contributed by atoms with Gasteiger partial charge in [-0.2, -0.15) is 15.0 Å². The van der Waals surface area contributed by atoms with E-state index in [-0.39, 0.29) is 6.10 Å². The van der Waals surface area contributed by atoms with Crippen molar-refractivity contribution in [3.63, 3.8) is 0 Å². The molecule has 7 heteroatoms. The van der Waals surface area contributed by atoms with Gasteiger partial charge in [0.15, 0.2) is 0 Å². The molecule has 1 aliphatic heterocycles. The third kappa shape index (κ3) is 3.19. The van der Waals surface area contributed by atoms with Gasteiger partial charge in [-0.3, -0.25) is 0 Å². The number of rotatable bonds is 4. The summed E-state index contributed by atoms with van der Waals surface area (Å²) in [6.07, 6.45) is 2.17. The second-order valence-electron chi connectivity index (χ2n) is 4.27. The molecule has 2 unspecified atom stereocenters. The second-order valence-corrected chi connectivity index (χ2v) is 4.27. The van der Waals surface area contributed by atoms with Gasteiger partial charge < -0.3 is 20.1 Å². The summed E-state index contributed by atoms with van der Waals surface area (Å²) >= 11 is 0. The van der Waals surface area contributed by atoms with Gasteiger partial charge in [0, 0.05) is 19.7 Å². The van der Waals surface area contributed by atoms with Crippen molar-refractivity contribution in [1.29, 1.82) is 0 Å². The lowest BCUT2D eigenvalue weighted by atomic mass is 10.0. The zero-order valence-corrected chi connectivity index (χ0v) is 10.9. The minimum absolute atomic E-state index is 0.267. The van der Waals surface area contributed by atoms with E-state index in [1.807, 2.05) is 0 Å². The molecule has 2 atom stereocenters. The van der Waals surface area contributed by atoms with Crippen molar-refractivity contribution in [2.45, 2.75) is 31.9 Å². The molecule has 1 saturated heterocycles. The maximum Gasteiger partial charge on any atom is 0.322 e. The Labute approximate surface area is 106 Å². The van der Waals surface area contributed by atoms with Gasteiger partial charge in [0.1, 0.15) is 0 Å².